The predicted octanol–water partition coefficient (Wildman–Crippen LogP) is 2.77. The first-order valence-electron chi connectivity index (χ1n) is 6.85. The van der Waals surface area contributed by atoms with Crippen molar-refractivity contribution in [2.24, 2.45) is 11.8 Å². The SMILES string of the molecule is COc1ccc(S(=O)(=O)N[C@H]2C[C@@H]3CC[C@@H]2C3)cc1I. The van der Waals surface area contributed by atoms with Crippen LogP contribution in [0.25, 0.3) is 0 Å². The van der Waals surface area contributed by atoms with Gasteiger partial charge < -0.3 is 4.74 Å². The van der Waals surface area contributed by atoms with Gasteiger partial charge in [0.05, 0.1) is 15.6 Å². The molecule has 6 heteroatoms. The van der Waals surface area contributed by atoms with Crippen LogP contribution in [0.5, 0.6) is 5.75 Å². The lowest BCUT2D eigenvalue weighted by Crippen LogP contribution is -2.38. The molecule has 1 aromatic rings. The van der Waals surface area contributed by atoms with Crippen LogP contribution < -0.4 is 9.46 Å². The molecule has 2 bridgehead atoms. The van der Waals surface area contributed by atoms with Gasteiger partial charge in [-0.05, 0) is 71.9 Å². The summed E-state index contributed by atoms with van der Waals surface area (Å²) >= 11 is 2.09. The summed E-state index contributed by atoms with van der Waals surface area (Å²) in [6, 6.07) is 5.10. The maximum atomic E-state index is 12.5. The fourth-order valence-electron chi connectivity index (χ4n) is 3.47. The van der Waals surface area contributed by atoms with Crippen LogP contribution in [-0.4, -0.2) is 21.6 Å². The Morgan fingerprint density at radius 1 is 1.30 bits per heavy atom. The van der Waals surface area contributed by atoms with E-state index in [1.54, 1.807) is 25.3 Å². The number of rotatable bonds is 4. The molecule has 2 aliphatic carbocycles. The zero-order valence-electron chi connectivity index (χ0n) is 11.3. The lowest BCUT2D eigenvalue weighted by atomic mass is 9.96. The molecule has 0 saturated heterocycles. The average molecular weight is 407 g/mol. The molecule has 3 atom stereocenters. The van der Waals surface area contributed by atoms with Crippen LogP contribution in [0.15, 0.2) is 23.1 Å². The minimum Gasteiger partial charge on any atom is -0.496 e. The Hall–Kier alpha value is -0.340. The van der Waals surface area contributed by atoms with Gasteiger partial charge in [-0.1, -0.05) is 6.42 Å². The summed E-state index contributed by atoms with van der Waals surface area (Å²) in [5.41, 5.74) is 0. The molecule has 2 aliphatic rings. The monoisotopic (exact) mass is 407 g/mol. The number of ether oxygens (including phenoxy) is 1. The molecule has 2 saturated carbocycles. The molecule has 0 aromatic heterocycles. The van der Waals surface area contributed by atoms with Crippen molar-refractivity contribution in [2.45, 2.75) is 36.6 Å². The predicted molar refractivity (Wildman–Crippen MR) is 85.3 cm³/mol. The number of benzene rings is 1. The smallest absolute Gasteiger partial charge is 0.240 e. The maximum absolute atomic E-state index is 12.5. The molecular weight excluding hydrogens is 389 g/mol. The molecule has 0 radical (unpaired) electrons. The van der Waals surface area contributed by atoms with Gasteiger partial charge >= 0.3 is 0 Å². The van der Waals surface area contributed by atoms with Crippen LogP contribution in [-0.2, 0) is 10.0 Å². The minimum atomic E-state index is -3.42. The van der Waals surface area contributed by atoms with E-state index >= 15 is 0 Å². The van der Waals surface area contributed by atoms with Crippen molar-refractivity contribution in [3.05, 3.63) is 21.8 Å². The lowest BCUT2D eigenvalue weighted by Gasteiger charge is -2.22. The Balaban J connectivity index is 1.79. The van der Waals surface area contributed by atoms with Gasteiger partial charge in [0, 0.05) is 6.04 Å². The Labute approximate surface area is 133 Å². The third kappa shape index (κ3) is 2.69. The summed E-state index contributed by atoms with van der Waals surface area (Å²) in [4.78, 5) is 0.325. The van der Waals surface area contributed by atoms with Crippen LogP contribution >= 0.6 is 22.6 Å². The minimum absolute atomic E-state index is 0.124. The van der Waals surface area contributed by atoms with Gasteiger partial charge in [-0.25, -0.2) is 13.1 Å². The molecule has 20 heavy (non-hydrogen) atoms. The number of sulfonamides is 1. The average Bonchev–Trinajstić information content (AvgIpc) is 3.00. The Morgan fingerprint density at radius 3 is 2.65 bits per heavy atom. The van der Waals surface area contributed by atoms with E-state index in [0.717, 1.165) is 22.3 Å². The van der Waals surface area contributed by atoms with Crippen molar-refractivity contribution in [1.82, 2.24) is 4.72 Å². The van der Waals surface area contributed by atoms with Gasteiger partial charge in [0.25, 0.3) is 0 Å². The molecule has 110 valence electrons. The third-order valence-electron chi connectivity index (χ3n) is 4.48. The summed E-state index contributed by atoms with van der Waals surface area (Å²) in [6.07, 6.45) is 4.62. The molecule has 0 amide bonds. The van der Waals surface area contributed by atoms with Crippen molar-refractivity contribution < 1.29 is 13.2 Å². The Morgan fingerprint density at radius 2 is 2.10 bits per heavy atom. The summed E-state index contributed by atoms with van der Waals surface area (Å²) in [5, 5.41) is 0. The first kappa shape index (κ1) is 14.6. The second kappa shape index (κ2) is 5.46. The number of hydrogen-bond acceptors (Lipinski definition) is 3. The first-order valence-corrected chi connectivity index (χ1v) is 9.41. The molecule has 3 rings (SSSR count). The van der Waals surface area contributed by atoms with E-state index in [9.17, 15) is 8.42 Å². The largest absolute Gasteiger partial charge is 0.496 e. The van der Waals surface area contributed by atoms with E-state index in [2.05, 4.69) is 27.3 Å². The highest BCUT2D eigenvalue weighted by Crippen LogP contribution is 2.44. The molecule has 0 heterocycles. The summed E-state index contributed by atoms with van der Waals surface area (Å²) in [5.74, 6) is 1.96. The highest BCUT2D eigenvalue weighted by atomic mass is 127. The zero-order valence-corrected chi connectivity index (χ0v) is 14.3. The summed E-state index contributed by atoms with van der Waals surface area (Å²) < 4.78 is 33.8. The lowest BCUT2D eigenvalue weighted by molar-refractivity contribution is 0.390. The zero-order chi connectivity index (χ0) is 14.3. The van der Waals surface area contributed by atoms with Crippen molar-refractivity contribution >= 4 is 32.6 Å². The second-order valence-electron chi connectivity index (χ2n) is 5.70. The van der Waals surface area contributed by atoms with Crippen LogP contribution in [0.4, 0.5) is 0 Å². The second-order valence-corrected chi connectivity index (χ2v) is 8.58. The topological polar surface area (TPSA) is 55.4 Å². The van der Waals surface area contributed by atoms with E-state index in [-0.39, 0.29) is 6.04 Å². The Bertz CT molecular complexity index is 617. The van der Waals surface area contributed by atoms with Gasteiger partial charge in [-0.3, -0.25) is 0 Å². The Kier molecular flexibility index (Phi) is 3.98. The van der Waals surface area contributed by atoms with Crippen LogP contribution in [0, 0.1) is 15.4 Å². The molecule has 2 fully saturated rings. The van der Waals surface area contributed by atoms with Crippen molar-refractivity contribution in [3.63, 3.8) is 0 Å². The third-order valence-corrected chi connectivity index (χ3v) is 6.81. The number of fused-ring (bicyclic) bond motifs is 2. The van der Waals surface area contributed by atoms with Crippen LogP contribution in [0.2, 0.25) is 0 Å². The van der Waals surface area contributed by atoms with E-state index in [1.807, 2.05) is 0 Å². The van der Waals surface area contributed by atoms with Gasteiger partial charge in [-0.15, -0.1) is 0 Å². The van der Waals surface area contributed by atoms with Crippen LogP contribution in [0.3, 0.4) is 0 Å². The molecular formula is C14H18INO3S. The number of hydrogen-bond donors (Lipinski definition) is 1. The van der Waals surface area contributed by atoms with Crippen molar-refractivity contribution in [3.8, 4) is 5.75 Å². The summed E-state index contributed by atoms with van der Waals surface area (Å²) in [7, 11) is -1.84. The van der Waals surface area contributed by atoms with E-state index < -0.39 is 10.0 Å². The molecule has 4 nitrogen and oxygen atoms in total. The van der Waals surface area contributed by atoms with Crippen molar-refractivity contribution in [2.75, 3.05) is 7.11 Å². The standard InChI is InChI=1S/C14H18INO3S/c1-19-14-5-4-11(8-12(14)15)20(17,18)16-13-7-9-2-3-10(13)6-9/h4-5,8-10,13,16H,2-3,6-7H2,1H3/t9-,10-,13+/m1/s1. The van der Waals surface area contributed by atoms with Crippen LogP contribution in [0.1, 0.15) is 25.7 Å². The molecule has 1 N–H and O–H groups in total. The van der Waals surface area contributed by atoms with E-state index in [4.69, 9.17) is 4.74 Å². The highest BCUT2D eigenvalue weighted by Gasteiger charge is 2.41. The van der Waals surface area contributed by atoms with Gasteiger partial charge in [0.15, 0.2) is 0 Å². The number of methoxy groups -OCH3 is 1. The van der Waals surface area contributed by atoms with E-state index in [1.165, 1.54) is 12.8 Å². The fourth-order valence-corrected chi connectivity index (χ4v) is 5.76. The normalized spacial score (nSPS) is 28.8. The number of halogens is 1. The van der Waals surface area contributed by atoms with Gasteiger partial charge in [0.1, 0.15) is 5.75 Å². The molecule has 1 aromatic carbocycles. The molecule has 0 unspecified atom stereocenters. The van der Waals surface area contributed by atoms with Crippen molar-refractivity contribution in [1.29, 1.82) is 0 Å². The molecule has 0 aliphatic heterocycles. The van der Waals surface area contributed by atoms with Gasteiger partial charge in [-0.2, -0.15) is 0 Å². The van der Waals surface area contributed by atoms with E-state index in [0.29, 0.717) is 16.6 Å². The fraction of sp³-hybridized carbons (Fsp3) is 0.571. The maximum Gasteiger partial charge on any atom is 0.240 e. The van der Waals surface area contributed by atoms with Gasteiger partial charge in [0.2, 0.25) is 10.0 Å². The quantitative estimate of drug-likeness (QED) is 0.782. The summed E-state index contributed by atoms with van der Waals surface area (Å²) in [6.45, 7) is 0. The first-order chi connectivity index (χ1) is 9.49. The molecule has 0 spiro atoms. The highest BCUT2D eigenvalue weighted by molar-refractivity contribution is 14.1. The number of nitrogens with one attached hydrogen (secondary N) is 1.